The molecule has 22 heavy (non-hydrogen) atoms. The molecular weight excluding hydrogens is 438 g/mol. The van der Waals surface area contributed by atoms with Crippen molar-refractivity contribution in [2.75, 3.05) is 0 Å². The van der Waals surface area contributed by atoms with E-state index < -0.39 is 11.6 Å². The molecule has 10 nitrogen and oxygen atoms in total. The van der Waals surface area contributed by atoms with Crippen molar-refractivity contribution >= 4 is 31.9 Å². The lowest BCUT2D eigenvalue weighted by molar-refractivity contribution is -0.988. The van der Waals surface area contributed by atoms with Gasteiger partial charge in [-0.15, -0.1) is 0 Å². The van der Waals surface area contributed by atoms with Crippen molar-refractivity contribution in [3.05, 3.63) is 49.2 Å². The zero-order chi connectivity index (χ0) is 16.1. The smallest absolute Gasteiger partial charge is 0.395 e. The molecule has 0 aliphatic carbocycles. The lowest BCUT2D eigenvalue weighted by Gasteiger charge is -1.94. The Hall–Kier alpha value is -1.82. The fourth-order valence-electron chi connectivity index (χ4n) is 1.36. The monoisotopic (exact) mass is 444 g/mol. The second kappa shape index (κ2) is 7.45. The van der Waals surface area contributed by atoms with E-state index in [1.807, 2.05) is 0 Å². The second-order valence-corrected chi connectivity index (χ2v) is 4.76. The quantitative estimate of drug-likeness (QED) is 0.442. The summed E-state index contributed by atoms with van der Waals surface area (Å²) in [4.78, 5) is 42.5. The predicted molar refractivity (Wildman–Crippen MR) is 73.0 cm³/mol. The summed E-state index contributed by atoms with van der Waals surface area (Å²) < 4.78 is 18.7. The number of hydrogen-bond acceptors (Lipinski definition) is 9. The van der Waals surface area contributed by atoms with Gasteiger partial charge in [0.25, 0.3) is 0 Å². The summed E-state index contributed by atoms with van der Waals surface area (Å²) in [7, 11) is 0. The van der Waals surface area contributed by atoms with Gasteiger partial charge in [0.1, 0.15) is 4.91 Å². The van der Waals surface area contributed by atoms with Gasteiger partial charge in [-0.2, -0.15) is 9.68 Å². The van der Waals surface area contributed by atoms with Crippen LogP contribution in [0, 0.1) is 4.91 Å². The summed E-state index contributed by atoms with van der Waals surface area (Å²) in [6.07, 6.45) is 0. The SMILES string of the molecule is O=c1oc(CBr)c(CO[N+](=O)OCc2oc(=O)oc2CBr)o1. The minimum Gasteiger partial charge on any atom is -0.395 e. The van der Waals surface area contributed by atoms with Gasteiger partial charge >= 0.3 is 16.7 Å². The molecule has 0 aliphatic heterocycles. The van der Waals surface area contributed by atoms with Crippen LogP contribution in [0.25, 0.3) is 0 Å². The first-order valence-electron chi connectivity index (χ1n) is 5.62. The molecule has 0 N–H and O–H groups in total. The third-order valence-corrected chi connectivity index (χ3v) is 3.31. The number of alkyl halides is 2. The summed E-state index contributed by atoms with van der Waals surface area (Å²) in [5.74, 6) is -1.34. The van der Waals surface area contributed by atoms with Crippen LogP contribution in [0.1, 0.15) is 23.0 Å². The number of halogens is 2. The molecule has 120 valence electrons. The molecule has 2 heterocycles. The largest absolute Gasteiger partial charge is 0.519 e. The first kappa shape index (κ1) is 16.5. The highest BCUT2D eigenvalue weighted by molar-refractivity contribution is 9.08. The predicted octanol–water partition coefficient (Wildman–Crippen LogP) is 1.91. The minimum atomic E-state index is -0.909. The molecule has 0 aliphatic rings. The summed E-state index contributed by atoms with van der Waals surface area (Å²) in [6.45, 7) is -0.756. The van der Waals surface area contributed by atoms with Crippen LogP contribution in [-0.4, -0.2) is 5.09 Å². The first-order valence-corrected chi connectivity index (χ1v) is 7.86. The Morgan fingerprint density at radius 1 is 0.773 bits per heavy atom. The van der Waals surface area contributed by atoms with E-state index in [1.54, 1.807) is 0 Å². The van der Waals surface area contributed by atoms with Crippen LogP contribution in [0.15, 0.2) is 27.3 Å². The van der Waals surface area contributed by atoms with E-state index >= 15 is 0 Å². The van der Waals surface area contributed by atoms with Crippen molar-refractivity contribution < 1.29 is 32.4 Å². The van der Waals surface area contributed by atoms with Crippen molar-refractivity contribution in [1.29, 1.82) is 0 Å². The van der Waals surface area contributed by atoms with Crippen molar-refractivity contribution in [1.82, 2.24) is 0 Å². The molecule has 12 heteroatoms. The maximum atomic E-state index is 11.4. The van der Waals surface area contributed by atoms with Gasteiger partial charge in [-0.25, -0.2) is 9.59 Å². The number of rotatable bonds is 8. The van der Waals surface area contributed by atoms with Gasteiger partial charge < -0.3 is 17.7 Å². The van der Waals surface area contributed by atoms with Crippen molar-refractivity contribution in [2.24, 2.45) is 0 Å². The van der Waals surface area contributed by atoms with Crippen molar-refractivity contribution in [3.63, 3.8) is 0 Å². The topological polar surface area (TPSA) is 125 Å². The Bertz CT molecular complexity index is 693. The molecule has 0 fully saturated rings. The number of nitrogens with zero attached hydrogens (tertiary/aromatic N) is 1. The number of hydrogen-bond donors (Lipinski definition) is 0. The maximum Gasteiger partial charge on any atom is 0.519 e. The van der Waals surface area contributed by atoms with Crippen molar-refractivity contribution in [3.8, 4) is 0 Å². The van der Waals surface area contributed by atoms with E-state index in [0.717, 1.165) is 0 Å². The molecule has 0 aromatic carbocycles. The van der Waals surface area contributed by atoms with Gasteiger partial charge in [0.05, 0.1) is 10.7 Å². The highest BCUT2D eigenvalue weighted by Gasteiger charge is 2.22. The standard InChI is InChI=1S/C10H8Br2NO9/c11-1-5-7(21-9(14)19-5)3-17-13(16)18-4-8-6(2-12)20-10(15)22-8/h1-4H2/q+1. The van der Waals surface area contributed by atoms with Gasteiger partial charge in [0, 0.05) is 0 Å². The zero-order valence-electron chi connectivity index (χ0n) is 10.7. The molecule has 2 rings (SSSR count). The molecule has 0 atom stereocenters. The Morgan fingerprint density at radius 2 is 1.14 bits per heavy atom. The molecule has 2 aromatic rings. The summed E-state index contributed by atoms with van der Waals surface area (Å²) in [5, 5.41) is 0.216. The molecule has 0 saturated heterocycles. The average Bonchev–Trinajstić information content (AvgIpc) is 3.04. The van der Waals surface area contributed by atoms with Crippen LogP contribution in [0.2, 0.25) is 0 Å². The molecule has 0 spiro atoms. The van der Waals surface area contributed by atoms with Gasteiger partial charge in [-0.3, -0.25) is 0 Å². The van der Waals surface area contributed by atoms with Crippen LogP contribution in [0.5, 0.6) is 0 Å². The van der Waals surface area contributed by atoms with E-state index in [-0.39, 0.29) is 52.0 Å². The van der Waals surface area contributed by atoms with E-state index in [0.29, 0.717) is 0 Å². The van der Waals surface area contributed by atoms with E-state index in [9.17, 15) is 14.5 Å². The van der Waals surface area contributed by atoms with E-state index in [4.69, 9.17) is 0 Å². The van der Waals surface area contributed by atoms with Gasteiger partial charge in [-0.1, -0.05) is 31.9 Å². The Balaban J connectivity index is 1.88. The van der Waals surface area contributed by atoms with Crippen LogP contribution < -0.4 is 11.6 Å². The average molecular weight is 446 g/mol. The molecule has 2 aromatic heterocycles. The van der Waals surface area contributed by atoms with Crippen molar-refractivity contribution in [2.45, 2.75) is 23.9 Å². The van der Waals surface area contributed by atoms with Gasteiger partial charge in [0.2, 0.25) is 13.2 Å². The van der Waals surface area contributed by atoms with Crippen LogP contribution in [0.4, 0.5) is 0 Å². The fourth-order valence-corrected chi connectivity index (χ4v) is 2.21. The third kappa shape index (κ3) is 4.10. The Labute approximate surface area is 137 Å². The lowest BCUT2D eigenvalue weighted by atomic mass is 10.4. The molecular formula is C10H8Br2NO9+. The first-order chi connectivity index (χ1) is 10.5. The maximum absolute atomic E-state index is 11.4. The third-order valence-electron chi connectivity index (χ3n) is 2.29. The highest BCUT2D eigenvalue weighted by atomic mass is 79.9. The minimum absolute atomic E-state index is 0.0438. The molecule has 0 unspecified atom stereocenters. The van der Waals surface area contributed by atoms with Crippen LogP contribution in [0.3, 0.4) is 0 Å². The van der Waals surface area contributed by atoms with Crippen LogP contribution >= 0.6 is 31.9 Å². The van der Waals surface area contributed by atoms with Gasteiger partial charge in [0.15, 0.2) is 23.0 Å². The van der Waals surface area contributed by atoms with E-state index in [2.05, 4.69) is 59.2 Å². The molecule has 0 amide bonds. The molecule has 0 saturated carbocycles. The molecule has 0 radical (unpaired) electrons. The second-order valence-electron chi connectivity index (χ2n) is 3.64. The van der Waals surface area contributed by atoms with Crippen LogP contribution in [-0.2, 0) is 33.5 Å². The lowest BCUT2D eigenvalue weighted by Crippen LogP contribution is -2.11. The zero-order valence-corrected chi connectivity index (χ0v) is 13.9. The normalized spacial score (nSPS) is 10.6. The highest BCUT2D eigenvalue weighted by Crippen LogP contribution is 2.14. The summed E-state index contributed by atoms with van der Waals surface area (Å²) in [5.41, 5.74) is 0. The fraction of sp³-hybridized carbons (Fsp3) is 0.400. The summed E-state index contributed by atoms with van der Waals surface area (Å²) in [6, 6.07) is 0. The molecule has 0 bridgehead atoms. The van der Waals surface area contributed by atoms with E-state index in [1.165, 1.54) is 0 Å². The Morgan fingerprint density at radius 3 is 1.50 bits per heavy atom. The Kier molecular flexibility index (Phi) is 5.60. The summed E-state index contributed by atoms with van der Waals surface area (Å²) >= 11 is 6.16. The van der Waals surface area contributed by atoms with Gasteiger partial charge in [-0.05, 0) is 0 Å².